The number of amides is 1. The van der Waals surface area contributed by atoms with E-state index in [-0.39, 0.29) is 16.3 Å². The lowest BCUT2D eigenvalue weighted by atomic mass is 10.2. The van der Waals surface area contributed by atoms with Gasteiger partial charge in [-0.05, 0) is 36.4 Å². The van der Waals surface area contributed by atoms with Crippen LogP contribution in [0.3, 0.4) is 0 Å². The van der Waals surface area contributed by atoms with Gasteiger partial charge < -0.3 is 14.5 Å². The number of carbonyl (C=O) groups is 2. The van der Waals surface area contributed by atoms with E-state index in [2.05, 4.69) is 5.32 Å². The predicted molar refractivity (Wildman–Crippen MR) is 99.7 cm³/mol. The molecule has 7 nitrogen and oxygen atoms in total. The zero-order valence-electron chi connectivity index (χ0n) is 14.1. The zero-order chi connectivity index (χ0) is 19.6. The van der Waals surface area contributed by atoms with Gasteiger partial charge in [-0.15, -0.1) is 0 Å². The molecule has 0 unspecified atom stereocenters. The number of hydrogen-bond acceptors (Lipinski definition) is 6. The molecule has 9 heteroatoms. The Morgan fingerprint density at radius 3 is 2.63 bits per heavy atom. The van der Waals surface area contributed by atoms with Gasteiger partial charge in [0.15, 0.2) is 16.4 Å². The van der Waals surface area contributed by atoms with E-state index in [4.69, 9.17) is 20.8 Å². The Bertz CT molecular complexity index is 1140. The lowest BCUT2D eigenvalue weighted by Gasteiger charge is -2.09. The van der Waals surface area contributed by atoms with Crippen LogP contribution in [-0.4, -0.2) is 33.2 Å². The predicted octanol–water partition coefficient (Wildman–Crippen LogP) is 3.29. The quantitative estimate of drug-likeness (QED) is 0.651. The summed E-state index contributed by atoms with van der Waals surface area (Å²) >= 11 is 5.88. The number of carbonyl (C=O) groups excluding carboxylic acids is 2. The Kier molecular flexibility index (Phi) is 5.20. The van der Waals surface area contributed by atoms with Crippen LogP contribution in [0.4, 0.5) is 5.69 Å². The van der Waals surface area contributed by atoms with Crippen LogP contribution in [0.2, 0.25) is 5.02 Å². The molecule has 3 rings (SSSR count). The molecular formula is C18H14ClNO6S. The van der Waals surface area contributed by atoms with Gasteiger partial charge >= 0.3 is 5.97 Å². The average molecular weight is 408 g/mol. The first-order valence-electron chi connectivity index (χ1n) is 7.69. The zero-order valence-corrected chi connectivity index (χ0v) is 15.6. The maximum atomic E-state index is 12.1. The highest BCUT2D eigenvalue weighted by Crippen LogP contribution is 2.24. The van der Waals surface area contributed by atoms with Crippen molar-refractivity contribution in [3.05, 3.63) is 59.3 Å². The van der Waals surface area contributed by atoms with Gasteiger partial charge in [-0.1, -0.05) is 23.7 Å². The molecule has 0 bridgehead atoms. The van der Waals surface area contributed by atoms with E-state index in [0.717, 1.165) is 6.26 Å². The monoisotopic (exact) mass is 407 g/mol. The van der Waals surface area contributed by atoms with Crippen LogP contribution in [0.15, 0.2) is 57.8 Å². The minimum atomic E-state index is -3.52. The number of nitrogens with one attached hydrogen (secondary N) is 1. The molecular weight excluding hydrogens is 394 g/mol. The Labute approximate surface area is 159 Å². The summed E-state index contributed by atoms with van der Waals surface area (Å²) in [7, 11) is -3.52. The van der Waals surface area contributed by atoms with E-state index in [0.29, 0.717) is 16.0 Å². The Morgan fingerprint density at radius 1 is 1.15 bits per heavy atom. The fraction of sp³-hybridized carbons (Fsp3) is 0.111. The smallest absolute Gasteiger partial charge is 0.374 e. The second kappa shape index (κ2) is 7.42. The third-order valence-electron chi connectivity index (χ3n) is 3.57. The largest absolute Gasteiger partial charge is 0.450 e. The topological polar surface area (TPSA) is 103 Å². The summed E-state index contributed by atoms with van der Waals surface area (Å²) in [4.78, 5) is 24.0. The molecule has 1 amide bonds. The molecule has 3 aromatic rings. The SMILES string of the molecule is CS(=O)(=O)c1ccccc1NC(=O)COC(=O)c1cc2cc(Cl)ccc2o1. The molecule has 0 atom stereocenters. The number of esters is 1. The minimum Gasteiger partial charge on any atom is -0.450 e. The van der Waals surface area contributed by atoms with Crippen LogP contribution in [0.25, 0.3) is 11.0 Å². The summed E-state index contributed by atoms with van der Waals surface area (Å²) in [6.07, 6.45) is 1.03. The number of para-hydroxylation sites is 1. The van der Waals surface area contributed by atoms with Gasteiger partial charge in [0.1, 0.15) is 5.58 Å². The second-order valence-corrected chi connectivity index (χ2v) is 8.11. The number of ether oxygens (including phenoxy) is 1. The van der Waals surface area contributed by atoms with Crippen LogP contribution in [0.5, 0.6) is 0 Å². The molecule has 1 heterocycles. The van der Waals surface area contributed by atoms with E-state index >= 15 is 0 Å². The lowest BCUT2D eigenvalue weighted by molar-refractivity contribution is -0.119. The molecule has 0 spiro atoms. The molecule has 0 aliphatic heterocycles. The first-order chi connectivity index (χ1) is 12.7. The van der Waals surface area contributed by atoms with Gasteiger partial charge in [-0.25, -0.2) is 13.2 Å². The van der Waals surface area contributed by atoms with E-state index in [9.17, 15) is 18.0 Å². The molecule has 140 valence electrons. The summed E-state index contributed by atoms with van der Waals surface area (Å²) < 4.78 is 33.7. The molecule has 2 aromatic carbocycles. The summed E-state index contributed by atoms with van der Waals surface area (Å²) in [5.41, 5.74) is 0.567. The molecule has 1 aromatic heterocycles. The Hall–Kier alpha value is -2.84. The number of hydrogen-bond donors (Lipinski definition) is 1. The number of rotatable bonds is 5. The number of halogens is 1. The number of benzene rings is 2. The van der Waals surface area contributed by atoms with Crippen molar-refractivity contribution in [3.8, 4) is 0 Å². The fourth-order valence-electron chi connectivity index (χ4n) is 2.40. The minimum absolute atomic E-state index is 0.0289. The number of furan rings is 1. The molecule has 27 heavy (non-hydrogen) atoms. The van der Waals surface area contributed by atoms with Gasteiger partial charge in [0.25, 0.3) is 5.91 Å². The lowest BCUT2D eigenvalue weighted by Crippen LogP contribution is -2.21. The maximum Gasteiger partial charge on any atom is 0.374 e. The van der Waals surface area contributed by atoms with Crippen molar-refractivity contribution < 1.29 is 27.2 Å². The first kappa shape index (κ1) is 18.9. The number of anilines is 1. The maximum absolute atomic E-state index is 12.1. The highest BCUT2D eigenvalue weighted by Gasteiger charge is 2.18. The fourth-order valence-corrected chi connectivity index (χ4v) is 3.42. The molecule has 0 aliphatic carbocycles. The van der Waals surface area contributed by atoms with Gasteiger partial charge in [-0.2, -0.15) is 0 Å². The molecule has 0 aliphatic rings. The van der Waals surface area contributed by atoms with Gasteiger partial charge in [-0.3, -0.25) is 4.79 Å². The Morgan fingerprint density at radius 2 is 1.89 bits per heavy atom. The van der Waals surface area contributed by atoms with Crippen LogP contribution >= 0.6 is 11.6 Å². The van der Waals surface area contributed by atoms with Gasteiger partial charge in [0.2, 0.25) is 5.76 Å². The summed E-state index contributed by atoms with van der Waals surface area (Å²) in [5, 5.41) is 3.53. The normalized spacial score (nSPS) is 11.3. The summed E-state index contributed by atoms with van der Waals surface area (Å²) in [5.74, 6) is -1.58. The third kappa shape index (κ3) is 4.47. The van der Waals surface area contributed by atoms with Crippen molar-refractivity contribution in [2.75, 3.05) is 18.2 Å². The van der Waals surface area contributed by atoms with Gasteiger partial charge in [0, 0.05) is 16.7 Å². The molecule has 1 N–H and O–H groups in total. The molecule has 0 saturated heterocycles. The standard InChI is InChI=1S/C18H14ClNO6S/c1-27(23,24)16-5-3-2-4-13(16)20-17(21)10-25-18(22)15-9-11-8-12(19)6-7-14(11)26-15/h2-9H,10H2,1H3,(H,20,21). The van der Waals surface area contributed by atoms with Crippen molar-refractivity contribution in [1.82, 2.24) is 0 Å². The number of sulfone groups is 1. The highest BCUT2D eigenvalue weighted by molar-refractivity contribution is 7.90. The molecule has 0 fully saturated rings. The van der Waals surface area contributed by atoms with Crippen LogP contribution < -0.4 is 5.32 Å². The van der Waals surface area contributed by atoms with Crippen LogP contribution in [0.1, 0.15) is 10.6 Å². The highest BCUT2D eigenvalue weighted by atomic mass is 35.5. The number of fused-ring (bicyclic) bond motifs is 1. The summed E-state index contributed by atoms with van der Waals surface area (Å²) in [6, 6.07) is 12.3. The van der Waals surface area contributed by atoms with Crippen molar-refractivity contribution in [2.45, 2.75) is 4.90 Å². The third-order valence-corrected chi connectivity index (χ3v) is 4.96. The van der Waals surface area contributed by atoms with Gasteiger partial charge in [0.05, 0.1) is 10.6 Å². The van der Waals surface area contributed by atoms with E-state index in [1.165, 1.54) is 18.2 Å². The summed E-state index contributed by atoms with van der Waals surface area (Å²) in [6.45, 7) is -0.602. The average Bonchev–Trinajstić information content (AvgIpc) is 3.02. The second-order valence-electron chi connectivity index (χ2n) is 5.69. The molecule has 0 saturated carbocycles. The van der Waals surface area contributed by atoms with Crippen molar-refractivity contribution in [2.24, 2.45) is 0 Å². The van der Waals surface area contributed by atoms with E-state index < -0.39 is 28.3 Å². The molecule has 0 radical (unpaired) electrons. The van der Waals surface area contributed by atoms with Crippen molar-refractivity contribution >= 4 is 50.0 Å². The Balaban J connectivity index is 1.66. The van der Waals surface area contributed by atoms with Crippen molar-refractivity contribution in [3.63, 3.8) is 0 Å². The van der Waals surface area contributed by atoms with E-state index in [1.54, 1.807) is 30.3 Å². The first-order valence-corrected chi connectivity index (χ1v) is 9.96. The van der Waals surface area contributed by atoms with Crippen LogP contribution in [0, 0.1) is 0 Å². The van der Waals surface area contributed by atoms with E-state index in [1.807, 2.05) is 0 Å². The van der Waals surface area contributed by atoms with Crippen molar-refractivity contribution in [1.29, 1.82) is 0 Å². The van der Waals surface area contributed by atoms with Crippen LogP contribution in [-0.2, 0) is 19.4 Å².